The maximum atomic E-state index is 12.1. The Hall–Kier alpha value is -2.01. The highest BCUT2D eigenvalue weighted by molar-refractivity contribution is 8.01. The van der Waals surface area contributed by atoms with E-state index in [0.29, 0.717) is 15.2 Å². The Kier molecular flexibility index (Phi) is 6.26. The van der Waals surface area contributed by atoms with Gasteiger partial charge in [-0.25, -0.2) is 0 Å². The number of alkyl halides is 3. The smallest absolute Gasteiger partial charge is 0.406 e. The Morgan fingerprint density at radius 1 is 1.29 bits per heavy atom. The van der Waals surface area contributed by atoms with E-state index in [1.165, 1.54) is 35.2 Å². The number of rotatable bonds is 7. The van der Waals surface area contributed by atoms with Gasteiger partial charge in [0.25, 0.3) is 0 Å². The molecule has 130 valence electrons. The van der Waals surface area contributed by atoms with E-state index in [0.717, 1.165) is 18.7 Å². The number of ether oxygens (including phenoxy) is 1. The van der Waals surface area contributed by atoms with E-state index in [1.807, 2.05) is 6.92 Å². The first-order valence-electron chi connectivity index (χ1n) is 6.71. The fourth-order valence-corrected chi connectivity index (χ4v) is 3.17. The molecule has 0 spiro atoms. The molecule has 0 aliphatic rings. The number of carbonyl (C=O) groups excluding carboxylic acids is 1. The first kappa shape index (κ1) is 18.3. The number of hydrogen-bond donors (Lipinski definition) is 2. The van der Waals surface area contributed by atoms with Crippen molar-refractivity contribution >= 4 is 39.8 Å². The second-order valence-electron chi connectivity index (χ2n) is 4.31. The summed E-state index contributed by atoms with van der Waals surface area (Å²) >= 11 is 2.56. The van der Waals surface area contributed by atoms with E-state index >= 15 is 0 Å². The van der Waals surface area contributed by atoms with Crippen LogP contribution in [0.3, 0.4) is 0 Å². The van der Waals surface area contributed by atoms with Gasteiger partial charge < -0.3 is 15.4 Å². The Morgan fingerprint density at radius 3 is 2.62 bits per heavy atom. The number of nitrogens with one attached hydrogen (secondary N) is 2. The van der Waals surface area contributed by atoms with E-state index in [2.05, 4.69) is 25.6 Å². The first-order valence-corrected chi connectivity index (χ1v) is 8.52. The van der Waals surface area contributed by atoms with E-state index in [4.69, 9.17) is 0 Å². The molecule has 1 aromatic carbocycles. The van der Waals surface area contributed by atoms with Crippen LogP contribution in [-0.4, -0.2) is 34.8 Å². The van der Waals surface area contributed by atoms with Crippen LogP contribution in [0.25, 0.3) is 0 Å². The molecule has 1 amide bonds. The Bertz CT molecular complexity index is 677. The molecule has 1 aromatic heterocycles. The van der Waals surface area contributed by atoms with Gasteiger partial charge in [-0.1, -0.05) is 23.1 Å². The number of hydrogen-bond acceptors (Lipinski definition) is 7. The highest BCUT2D eigenvalue weighted by Crippen LogP contribution is 2.26. The number of thioether (sulfide) groups is 1. The number of nitrogens with zero attached hydrogens (tertiary/aromatic N) is 2. The van der Waals surface area contributed by atoms with Crippen molar-refractivity contribution in [1.29, 1.82) is 0 Å². The summed E-state index contributed by atoms with van der Waals surface area (Å²) in [4.78, 5) is 11.8. The van der Waals surface area contributed by atoms with E-state index in [1.54, 1.807) is 0 Å². The summed E-state index contributed by atoms with van der Waals surface area (Å²) in [7, 11) is 0. The molecule has 24 heavy (non-hydrogen) atoms. The van der Waals surface area contributed by atoms with Crippen LogP contribution in [-0.2, 0) is 4.79 Å². The van der Waals surface area contributed by atoms with Crippen LogP contribution in [0.2, 0.25) is 0 Å². The molecule has 2 aromatic rings. The molecule has 1 heterocycles. The van der Waals surface area contributed by atoms with Gasteiger partial charge >= 0.3 is 6.36 Å². The van der Waals surface area contributed by atoms with Crippen molar-refractivity contribution in [3.05, 3.63) is 24.3 Å². The molecule has 0 bridgehead atoms. The van der Waals surface area contributed by atoms with Crippen LogP contribution in [0.4, 0.5) is 24.0 Å². The molecule has 0 saturated heterocycles. The van der Waals surface area contributed by atoms with Crippen LogP contribution in [0.1, 0.15) is 6.92 Å². The van der Waals surface area contributed by atoms with Gasteiger partial charge in [0.05, 0.1) is 5.75 Å². The summed E-state index contributed by atoms with van der Waals surface area (Å²) in [6, 6.07) is 4.92. The van der Waals surface area contributed by atoms with Gasteiger partial charge in [-0.05, 0) is 31.2 Å². The summed E-state index contributed by atoms with van der Waals surface area (Å²) < 4.78 is 40.6. The number of amides is 1. The monoisotopic (exact) mass is 378 g/mol. The van der Waals surface area contributed by atoms with E-state index in [-0.39, 0.29) is 17.4 Å². The second-order valence-corrected chi connectivity index (χ2v) is 6.51. The van der Waals surface area contributed by atoms with Gasteiger partial charge in [0, 0.05) is 12.2 Å². The predicted molar refractivity (Wildman–Crippen MR) is 86.6 cm³/mol. The third-order valence-corrected chi connectivity index (χ3v) is 4.45. The lowest BCUT2D eigenvalue weighted by atomic mass is 10.3. The Labute approximate surface area is 143 Å². The molecular formula is C13H13F3N4O2S2. The van der Waals surface area contributed by atoms with Crippen LogP contribution < -0.4 is 15.4 Å². The van der Waals surface area contributed by atoms with Crippen molar-refractivity contribution in [3.63, 3.8) is 0 Å². The molecule has 0 aliphatic carbocycles. The third-order valence-electron chi connectivity index (χ3n) is 2.43. The van der Waals surface area contributed by atoms with Gasteiger partial charge in [-0.15, -0.1) is 23.4 Å². The zero-order valence-corrected chi connectivity index (χ0v) is 14.0. The van der Waals surface area contributed by atoms with Gasteiger partial charge in [-0.2, -0.15) is 0 Å². The lowest BCUT2D eigenvalue weighted by Gasteiger charge is -2.09. The minimum atomic E-state index is -4.74. The predicted octanol–water partition coefficient (Wildman–Crippen LogP) is 3.60. The van der Waals surface area contributed by atoms with Crippen LogP contribution in [0, 0.1) is 0 Å². The standard InChI is InChI=1S/C13H13F3N4O2S2/c1-2-17-11-19-20-12(24-11)23-7-10(21)18-8-3-5-9(6-4-8)22-13(14,15)16/h3-6H,2,7H2,1H3,(H,17,19)(H,18,21). The molecule has 0 fully saturated rings. The molecule has 6 nitrogen and oxygen atoms in total. The lowest BCUT2D eigenvalue weighted by molar-refractivity contribution is -0.274. The minimum Gasteiger partial charge on any atom is -0.406 e. The SMILES string of the molecule is CCNc1nnc(SCC(=O)Nc2ccc(OC(F)(F)F)cc2)s1. The average Bonchev–Trinajstić information content (AvgIpc) is 2.94. The highest BCUT2D eigenvalue weighted by Gasteiger charge is 2.30. The normalized spacial score (nSPS) is 11.2. The Balaban J connectivity index is 1.81. The highest BCUT2D eigenvalue weighted by atomic mass is 32.2. The van der Waals surface area contributed by atoms with E-state index < -0.39 is 6.36 Å². The molecule has 11 heteroatoms. The number of halogens is 3. The average molecular weight is 378 g/mol. The number of anilines is 2. The summed E-state index contributed by atoms with van der Waals surface area (Å²) in [5.74, 6) is -0.536. The lowest BCUT2D eigenvalue weighted by Crippen LogP contribution is -2.17. The molecule has 0 radical (unpaired) electrons. The number of benzene rings is 1. The summed E-state index contributed by atoms with van der Waals surface area (Å²) in [5, 5.41) is 14.1. The van der Waals surface area contributed by atoms with Crippen LogP contribution in [0.5, 0.6) is 5.75 Å². The topological polar surface area (TPSA) is 76.1 Å². The zero-order valence-electron chi connectivity index (χ0n) is 12.4. The molecule has 0 atom stereocenters. The fourth-order valence-electron chi connectivity index (χ4n) is 1.56. The summed E-state index contributed by atoms with van der Waals surface area (Å²) in [6.45, 7) is 2.67. The van der Waals surface area contributed by atoms with E-state index in [9.17, 15) is 18.0 Å². The van der Waals surface area contributed by atoms with Crippen molar-refractivity contribution in [2.45, 2.75) is 17.6 Å². The zero-order chi connectivity index (χ0) is 17.6. The maximum absolute atomic E-state index is 12.1. The number of aromatic nitrogens is 2. The van der Waals surface area contributed by atoms with Crippen molar-refractivity contribution in [3.8, 4) is 5.75 Å². The maximum Gasteiger partial charge on any atom is 0.573 e. The number of carbonyl (C=O) groups is 1. The van der Waals surface area contributed by atoms with Gasteiger partial charge in [0.2, 0.25) is 11.0 Å². The molecule has 0 unspecified atom stereocenters. The quantitative estimate of drug-likeness (QED) is 0.717. The molecule has 0 aliphatic heterocycles. The molecule has 2 N–H and O–H groups in total. The van der Waals surface area contributed by atoms with Crippen LogP contribution >= 0.6 is 23.1 Å². The second kappa shape index (κ2) is 8.20. The van der Waals surface area contributed by atoms with Crippen molar-refractivity contribution in [2.75, 3.05) is 22.9 Å². The first-order chi connectivity index (χ1) is 11.4. The molecule has 2 rings (SSSR count). The molecule has 0 saturated carbocycles. The third kappa shape index (κ3) is 6.24. The Morgan fingerprint density at radius 2 is 2.00 bits per heavy atom. The fraction of sp³-hybridized carbons (Fsp3) is 0.308. The van der Waals surface area contributed by atoms with Crippen molar-refractivity contribution in [1.82, 2.24) is 10.2 Å². The van der Waals surface area contributed by atoms with Gasteiger partial charge in [-0.3, -0.25) is 4.79 Å². The van der Waals surface area contributed by atoms with Crippen LogP contribution in [0.15, 0.2) is 28.6 Å². The minimum absolute atomic E-state index is 0.113. The summed E-state index contributed by atoms with van der Waals surface area (Å²) in [5.41, 5.74) is 0.376. The van der Waals surface area contributed by atoms with Crippen molar-refractivity contribution in [2.24, 2.45) is 0 Å². The van der Waals surface area contributed by atoms with Gasteiger partial charge in [0.1, 0.15) is 5.75 Å². The summed E-state index contributed by atoms with van der Waals surface area (Å²) in [6.07, 6.45) is -4.74. The van der Waals surface area contributed by atoms with Gasteiger partial charge in [0.15, 0.2) is 4.34 Å². The van der Waals surface area contributed by atoms with Crippen molar-refractivity contribution < 1.29 is 22.7 Å². The molecular weight excluding hydrogens is 365 g/mol. The largest absolute Gasteiger partial charge is 0.573 e.